The second-order valence-electron chi connectivity index (χ2n) is 5.54. The summed E-state index contributed by atoms with van der Waals surface area (Å²) in [7, 11) is 1.70. The Morgan fingerprint density at radius 2 is 2.17 bits per heavy atom. The Hall–Kier alpha value is -1.73. The van der Waals surface area contributed by atoms with Gasteiger partial charge in [0.25, 0.3) is 5.70 Å². The van der Waals surface area contributed by atoms with Crippen LogP contribution in [0.1, 0.15) is 12.0 Å². The minimum atomic E-state index is -0.314. The number of rotatable bonds is 8. The fraction of sp³-hybridized carbons (Fsp3) is 0.500. The van der Waals surface area contributed by atoms with Gasteiger partial charge in [0.1, 0.15) is 0 Å². The molecule has 1 aliphatic heterocycles. The predicted octanol–water partition coefficient (Wildman–Crippen LogP) is 2.38. The number of hydrogen-bond acceptors (Lipinski definition) is 6. The van der Waals surface area contributed by atoms with Crippen LogP contribution in [-0.4, -0.2) is 37.5 Å². The summed E-state index contributed by atoms with van der Waals surface area (Å²) in [5, 5.41) is 17.5. The van der Waals surface area contributed by atoms with Gasteiger partial charge in [0.2, 0.25) is 0 Å². The van der Waals surface area contributed by atoms with E-state index in [2.05, 4.69) is 10.6 Å². The summed E-state index contributed by atoms with van der Waals surface area (Å²) < 4.78 is 5.33. The van der Waals surface area contributed by atoms with Gasteiger partial charge < -0.3 is 15.4 Å². The van der Waals surface area contributed by atoms with Gasteiger partial charge in [-0.05, 0) is 25.5 Å². The van der Waals surface area contributed by atoms with Gasteiger partial charge in [-0.25, -0.2) is 0 Å². The van der Waals surface area contributed by atoms with Gasteiger partial charge in [0.05, 0.1) is 17.3 Å². The standard InChI is InChI=1S/C16H23N3O3S/c1-12-3-5-14(6-4-12)23-11-15(19(20)21)16(17-2)18-9-13-7-8-22-10-13/h3-6,13,17-18H,7-11H2,1-2H3. The number of benzene rings is 1. The molecule has 1 atom stereocenters. The van der Waals surface area contributed by atoms with Crippen molar-refractivity contribution in [2.24, 2.45) is 5.92 Å². The summed E-state index contributed by atoms with van der Waals surface area (Å²) in [4.78, 5) is 12.1. The number of thioether (sulfide) groups is 1. The van der Waals surface area contributed by atoms with Crippen molar-refractivity contribution in [3.8, 4) is 0 Å². The van der Waals surface area contributed by atoms with Crippen LogP contribution in [0.15, 0.2) is 40.7 Å². The summed E-state index contributed by atoms with van der Waals surface area (Å²) in [6, 6.07) is 7.99. The van der Waals surface area contributed by atoms with Crippen LogP contribution >= 0.6 is 11.8 Å². The van der Waals surface area contributed by atoms with Crippen molar-refractivity contribution >= 4 is 11.8 Å². The zero-order valence-corrected chi connectivity index (χ0v) is 14.3. The van der Waals surface area contributed by atoms with Crippen molar-refractivity contribution < 1.29 is 9.66 Å². The molecule has 1 aromatic rings. The first-order valence-corrected chi connectivity index (χ1v) is 8.65. The monoisotopic (exact) mass is 337 g/mol. The molecule has 2 N–H and O–H groups in total. The molecule has 1 unspecified atom stereocenters. The molecule has 0 saturated carbocycles. The number of ether oxygens (including phenoxy) is 1. The van der Waals surface area contributed by atoms with Crippen molar-refractivity contribution in [2.75, 3.05) is 32.6 Å². The predicted molar refractivity (Wildman–Crippen MR) is 91.9 cm³/mol. The molecular formula is C16H23N3O3S. The van der Waals surface area contributed by atoms with E-state index < -0.39 is 0 Å². The van der Waals surface area contributed by atoms with Gasteiger partial charge in [-0.2, -0.15) is 0 Å². The Morgan fingerprint density at radius 1 is 1.43 bits per heavy atom. The molecule has 126 valence electrons. The minimum Gasteiger partial charge on any atom is -0.381 e. The maximum Gasteiger partial charge on any atom is 0.295 e. The van der Waals surface area contributed by atoms with Crippen LogP contribution in [0.5, 0.6) is 0 Å². The number of nitrogens with zero attached hydrogens (tertiary/aromatic N) is 1. The summed E-state index contributed by atoms with van der Waals surface area (Å²) in [6.07, 6.45) is 0.996. The Labute approximate surface area is 140 Å². The van der Waals surface area contributed by atoms with Crippen LogP contribution < -0.4 is 10.6 Å². The SMILES string of the molecule is CNC(NCC1CCOC1)=C(CSc1ccc(C)cc1)[N+](=O)[O-]. The Morgan fingerprint density at radius 3 is 2.74 bits per heavy atom. The van der Waals surface area contributed by atoms with E-state index >= 15 is 0 Å². The van der Waals surface area contributed by atoms with Crippen molar-refractivity contribution in [2.45, 2.75) is 18.2 Å². The average Bonchev–Trinajstić information content (AvgIpc) is 3.05. The molecule has 0 bridgehead atoms. The van der Waals surface area contributed by atoms with Gasteiger partial charge in [-0.1, -0.05) is 17.7 Å². The lowest BCUT2D eigenvalue weighted by atomic mass is 10.1. The van der Waals surface area contributed by atoms with Crippen LogP contribution in [0, 0.1) is 23.0 Å². The van der Waals surface area contributed by atoms with Crippen LogP contribution in [-0.2, 0) is 4.74 Å². The lowest BCUT2D eigenvalue weighted by molar-refractivity contribution is -0.425. The highest BCUT2D eigenvalue weighted by molar-refractivity contribution is 7.99. The van der Waals surface area contributed by atoms with Crippen molar-refractivity contribution in [1.29, 1.82) is 0 Å². The lowest BCUT2D eigenvalue weighted by Crippen LogP contribution is -2.32. The normalized spacial score (nSPS) is 18.4. The highest BCUT2D eigenvalue weighted by Gasteiger charge is 2.21. The van der Waals surface area contributed by atoms with E-state index in [0.29, 0.717) is 24.0 Å². The zero-order valence-electron chi connectivity index (χ0n) is 13.5. The molecule has 1 fully saturated rings. The number of nitro groups is 1. The number of hydrogen-bond donors (Lipinski definition) is 2. The smallest absolute Gasteiger partial charge is 0.295 e. The van der Waals surface area contributed by atoms with E-state index in [0.717, 1.165) is 24.5 Å². The first-order chi connectivity index (χ1) is 11.1. The molecule has 0 aromatic heterocycles. The largest absolute Gasteiger partial charge is 0.381 e. The summed E-state index contributed by atoms with van der Waals surface area (Å²) in [5.41, 5.74) is 1.34. The number of aryl methyl sites for hydroxylation is 1. The third-order valence-corrected chi connectivity index (χ3v) is 4.77. The van der Waals surface area contributed by atoms with Gasteiger partial charge in [0.15, 0.2) is 5.82 Å². The van der Waals surface area contributed by atoms with Crippen molar-refractivity contribution in [1.82, 2.24) is 10.6 Å². The maximum absolute atomic E-state index is 11.4. The Balaban J connectivity index is 2.00. The topological polar surface area (TPSA) is 76.4 Å². The van der Waals surface area contributed by atoms with Gasteiger partial charge in [0, 0.05) is 31.0 Å². The summed E-state index contributed by atoms with van der Waals surface area (Å²) >= 11 is 1.46. The zero-order chi connectivity index (χ0) is 16.7. The third-order valence-electron chi connectivity index (χ3n) is 3.75. The van der Waals surface area contributed by atoms with Crippen molar-refractivity contribution in [3.63, 3.8) is 0 Å². The van der Waals surface area contributed by atoms with Gasteiger partial charge in [-0.3, -0.25) is 10.1 Å². The molecule has 0 spiro atoms. The molecule has 1 saturated heterocycles. The molecule has 23 heavy (non-hydrogen) atoms. The Kier molecular flexibility index (Phi) is 6.73. The quantitative estimate of drug-likeness (QED) is 0.431. The molecule has 7 heteroatoms. The van der Waals surface area contributed by atoms with Gasteiger partial charge in [-0.15, -0.1) is 11.8 Å². The first kappa shape index (κ1) is 17.6. The summed E-state index contributed by atoms with van der Waals surface area (Å²) in [6.45, 7) is 4.20. The van der Waals surface area contributed by atoms with Crippen molar-refractivity contribution in [3.05, 3.63) is 51.5 Å². The van der Waals surface area contributed by atoms with E-state index in [1.807, 2.05) is 31.2 Å². The molecule has 1 heterocycles. The minimum absolute atomic E-state index is 0.164. The van der Waals surface area contributed by atoms with E-state index in [-0.39, 0.29) is 10.6 Å². The number of nitrogens with one attached hydrogen (secondary N) is 2. The highest BCUT2D eigenvalue weighted by atomic mass is 32.2. The first-order valence-electron chi connectivity index (χ1n) is 7.66. The van der Waals surface area contributed by atoms with E-state index in [9.17, 15) is 10.1 Å². The second-order valence-corrected chi connectivity index (χ2v) is 6.59. The van der Waals surface area contributed by atoms with Crippen LogP contribution in [0.2, 0.25) is 0 Å². The fourth-order valence-corrected chi connectivity index (χ4v) is 3.21. The Bertz CT molecular complexity index is 554. The summed E-state index contributed by atoms with van der Waals surface area (Å²) in [5.74, 6) is 1.21. The van der Waals surface area contributed by atoms with Gasteiger partial charge >= 0.3 is 0 Å². The third kappa shape index (κ3) is 5.44. The van der Waals surface area contributed by atoms with E-state index in [4.69, 9.17) is 4.74 Å². The maximum atomic E-state index is 11.4. The van der Waals surface area contributed by atoms with E-state index in [1.165, 1.54) is 17.3 Å². The highest BCUT2D eigenvalue weighted by Crippen LogP contribution is 2.22. The molecule has 0 radical (unpaired) electrons. The average molecular weight is 337 g/mol. The second kappa shape index (κ2) is 8.79. The molecule has 1 aliphatic rings. The lowest BCUT2D eigenvalue weighted by Gasteiger charge is -2.14. The molecule has 2 rings (SSSR count). The van der Waals surface area contributed by atoms with Crippen LogP contribution in [0.25, 0.3) is 0 Å². The van der Waals surface area contributed by atoms with E-state index in [1.54, 1.807) is 7.05 Å². The molecule has 0 aliphatic carbocycles. The molecule has 1 aromatic carbocycles. The molecule has 0 amide bonds. The fourth-order valence-electron chi connectivity index (χ4n) is 2.33. The molecule has 6 nitrogen and oxygen atoms in total. The molecular weight excluding hydrogens is 314 g/mol. The van der Waals surface area contributed by atoms with Crippen LogP contribution in [0.3, 0.4) is 0 Å². The van der Waals surface area contributed by atoms with Crippen LogP contribution in [0.4, 0.5) is 0 Å².